The molecule has 0 saturated carbocycles. The second-order valence-corrected chi connectivity index (χ2v) is 3.83. The maximum absolute atomic E-state index is 6.06. The van der Waals surface area contributed by atoms with E-state index in [9.17, 15) is 0 Å². The molecule has 1 aromatic heterocycles. The summed E-state index contributed by atoms with van der Waals surface area (Å²) in [6.45, 7) is 0. The lowest BCUT2D eigenvalue weighted by Crippen LogP contribution is -1.96. The predicted molar refractivity (Wildman–Crippen MR) is 64.6 cm³/mol. The number of hydrogen-bond donors (Lipinski definition) is 1. The predicted octanol–water partition coefficient (Wildman–Crippen LogP) is 2.33. The van der Waals surface area contributed by atoms with Gasteiger partial charge in [-0.15, -0.1) is 0 Å². The van der Waals surface area contributed by atoms with Gasteiger partial charge in [0.2, 0.25) is 0 Å². The molecule has 0 spiro atoms. The minimum atomic E-state index is 0.556. The number of nitrogens with two attached hydrogens (primary N) is 1. The first-order chi connectivity index (χ1) is 7.63. The van der Waals surface area contributed by atoms with Gasteiger partial charge in [0.15, 0.2) is 0 Å². The van der Waals surface area contributed by atoms with Gasteiger partial charge >= 0.3 is 0 Å². The largest absolute Gasteiger partial charge is 0.495 e. The molecule has 84 valence electrons. The zero-order valence-corrected chi connectivity index (χ0v) is 9.82. The van der Waals surface area contributed by atoms with Crippen molar-refractivity contribution in [2.75, 3.05) is 12.8 Å². The van der Waals surface area contributed by atoms with Gasteiger partial charge < -0.3 is 10.5 Å². The number of ether oxygens (including phenoxy) is 1. The lowest BCUT2D eigenvalue weighted by atomic mass is 10.1. The van der Waals surface area contributed by atoms with Gasteiger partial charge in [0.05, 0.1) is 29.7 Å². The average molecular weight is 238 g/mol. The lowest BCUT2D eigenvalue weighted by molar-refractivity contribution is 0.415. The van der Waals surface area contributed by atoms with E-state index in [0.717, 1.165) is 11.3 Å². The van der Waals surface area contributed by atoms with Crippen LogP contribution in [0.5, 0.6) is 5.75 Å². The monoisotopic (exact) mass is 237 g/mol. The normalized spacial score (nSPS) is 10.4. The quantitative estimate of drug-likeness (QED) is 0.872. The topological polar surface area (TPSA) is 53.1 Å². The van der Waals surface area contributed by atoms with Crippen LogP contribution in [-0.4, -0.2) is 16.9 Å². The molecule has 16 heavy (non-hydrogen) atoms. The number of nitrogen functional groups attached to an aromatic ring is 1. The highest BCUT2D eigenvalue weighted by molar-refractivity contribution is 6.32. The highest BCUT2D eigenvalue weighted by Crippen LogP contribution is 2.32. The van der Waals surface area contributed by atoms with Crippen LogP contribution in [0.2, 0.25) is 5.02 Å². The standard InChI is InChI=1S/C11H12ClN3O/c1-15-11(9(13)6-14-15)7-3-4-10(16-2)8(12)5-7/h3-6H,13H2,1-2H3. The maximum atomic E-state index is 6.06. The van der Waals surface area contributed by atoms with E-state index in [1.54, 1.807) is 18.0 Å². The van der Waals surface area contributed by atoms with Gasteiger partial charge in [-0.25, -0.2) is 0 Å². The maximum Gasteiger partial charge on any atom is 0.137 e. The van der Waals surface area contributed by atoms with Gasteiger partial charge in [-0.05, 0) is 18.2 Å². The number of hydrogen-bond acceptors (Lipinski definition) is 3. The Morgan fingerprint density at radius 2 is 2.19 bits per heavy atom. The number of halogens is 1. The Hall–Kier alpha value is -1.68. The van der Waals surface area contributed by atoms with Gasteiger partial charge in [-0.2, -0.15) is 5.10 Å². The molecular formula is C11H12ClN3O. The molecule has 0 unspecified atom stereocenters. The molecule has 0 radical (unpaired) electrons. The summed E-state index contributed by atoms with van der Waals surface area (Å²) in [6.07, 6.45) is 1.62. The van der Waals surface area contributed by atoms with Crippen LogP contribution in [-0.2, 0) is 7.05 Å². The fraction of sp³-hybridized carbons (Fsp3) is 0.182. The van der Waals surface area contributed by atoms with Crippen LogP contribution >= 0.6 is 11.6 Å². The molecule has 0 aliphatic heterocycles. The van der Waals surface area contributed by atoms with Crippen molar-refractivity contribution < 1.29 is 4.74 Å². The third-order valence-corrected chi connectivity index (χ3v) is 2.69. The van der Waals surface area contributed by atoms with Crippen molar-refractivity contribution >= 4 is 17.3 Å². The van der Waals surface area contributed by atoms with Crippen LogP contribution in [0.25, 0.3) is 11.3 Å². The first-order valence-corrected chi connectivity index (χ1v) is 5.12. The van der Waals surface area contributed by atoms with Crippen LogP contribution in [0.15, 0.2) is 24.4 Å². The molecule has 2 aromatic rings. The number of nitrogens with zero attached hydrogens (tertiary/aromatic N) is 2. The van der Waals surface area contributed by atoms with Crippen LogP contribution in [0, 0.1) is 0 Å². The second kappa shape index (κ2) is 4.06. The minimum Gasteiger partial charge on any atom is -0.495 e. The first-order valence-electron chi connectivity index (χ1n) is 4.75. The zero-order valence-electron chi connectivity index (χ0n) is 9.07. The van der Waals surface area contributed by atoms with Crippen molar-refractivity contribution in [3.63, 3.8) is 0 Å². The molecule has 0 aliphatic rings. The number of aryl methyl sites for hydroxylation is 1. The van der Waals surface area contributed by atoms with E-state index in [1.807, 2.05) is 25.2 Å². The summed E-state index contributed by atoms with van der Waals surface area (Å²) < 4.78 is 6.81. The Bertz CT molecular complexity index is 502. The molecule has 5 heteroatoms. The van der Waals surface area contributed by atoms with E-state index in [4.69, 9.17) is 22.1 Å². The summed E-state index contributed by atoms with van der Waals surface area (Å²) in [4.78, 5) is 0. The number of methoxy groups -OCH3 is 1. The number of rotatable bonds is 2. The van der Waals surface area contributed by atoms with E-state index in [-0.39, 0.29) is 0 Å². The van der Waals surface area contributed by atoms with Gasteiger partial charge in [0.25, 0.3) is 0 Å². The summed E-state index contributed by atoms with van der Waals surface area (Å²) >= 11 is 6.06. The first kappa shape index (κ1) is 10.8. The summed E-state index contributed by atoms with van der Waals surface area (Å²) in [6, 6.07) is 5.52. The summed E-state index contributed by atoms with van der Waals surface area (Å²) in [5, 5.41) is 4.64. The molecule has 1 heterocycles. The summed E-state index contributed by atoms with van der Waals surface area (Å²) in [5.74, 6) is 0.645. The molecule has 2 N–H and O–H groups in total. The Morgan fingerprint density at radius 3 is 2.69 bits per heavy atom. The van der Waals surface area contributed by atoms with Gasteiger partial charge in [-0.3, -0.25) is 4.68 Å². The highest BCUT2D eigenvalue weighted by Gasteiger charge is 2.10. The van der Waals surface area contributed by atoms with Crippen LogP contribution in [0.1, 0.15) is 0 Å². The molecule has 0 amide bonds. The molecule has 0 fully saturated rings. The Balaban J connectivity index is 2.53. The Morgan fingerprint density at radius 1 is 1.44 bits per heavy atom. The van der Waals surface area contributed by atoms with Crippen molar-refractivity contribution in [1.82, 2.24) is 9.78 Å². The van der Waals surface area contributed by atoms with Crippen molar-refractivity contribution in [1.29, 1.82) is 0 Å². The van der Waals surface area contributed by atoms with Crippen molar-refractivity contribution in [3.05, 3.63) is 29.4 Å². The summed E-state index contributed by atoms with van der Waals surface area (Å²) in [7, 11) is 3.42. The number of aromatic nitrogens is 2. The van der Waals surface area contributed by atoms with Crippen LogP contribution in [0.3, 0.4) is 0 Å². The third kappa shape index (κ3) is 1.72. The van der Waals surface area contributed by atoms with E-state index in [2.05, 4.69) is 5.10 Å². The highest BCUT2D eigenvalue weighted by atomic mass is 35.5. The lowest BCUT2D eigenvalue weighted by Gasteiger charge is -2.07. The zero-order chi connectivity index (χ0) is 11.7. The third-order valence-electron chi connectivity index (χ3n) is 2.39. The summed E-state index contributed by atoms with van der Waals surface area (Å²) in [5.41, 5.74) is 8.24. The Kier molecular flexibility index (Phi) is 2.75. The van der Waals surface area contributed by atoms with E-state index < -0.39 is 0 Å². The molecule has 0 atom stereocenters. The molecule has 2 rings (SSSR count). The van der Waals surface area contributed by atoms with Gasteiger partial charge in [0.1, 0.15) is 5.75 Å². The molecular weight excluding hydrogens is 226 g/mol. The SMILES string of the molecule is COc1ccc(-c2c(N)cnn2C)cc1Cl. The van der Waals surface area contributed by atoms with Crippen LogP contribution < -0.4 is 10.5 Å². The molecule has 0 bridgehead atoms. The van der Waals surface area contributed by atoms with Crippen LogP contribution in [0.4, 0.5) is 5.69 Å². The fourth-order valence-corrected chi connectivity index (χ4v) is 1.88. The molecule has 0 aliphatic carbocycles. The van der Waals surface area contributed by atoms with E-state index >= 15 is 0 Å². The second-order valence-electron chi connectivity index (χ2n) is 3.42. The number of benzene rings is 1. The average Bonchev–Trinajstić information content (AvgIpc) is 2.58. The molecule has 4 nitrogen and oxygen atoms in total. The number of anilines is 1. The van der Waals surface area contributed by atoms with Crippen molar-refractivity contribution in [3.8, 4) is 17.0 Å². The van der Waals surface area contributed by atoms with Crippen molar-refractivity contribution in [2.45, 2.75) is 0 Å². The van der Waals surface area contributed by atoms with E-state index in [1.165, 1.54) is 0 Å². The van der Waals surface area contributed by atoms with Gasteiger partial charge in [0, 0.05) is 12.6 Å². The Labute approximate surface area is 98.6 Å². The smallest absolute Gasteiger partial charge is 0.137 e. The molecule has 0 saturated heterocycles. The fourth-order valence-electron chi connectivity index (χ4n) is 1.62. The van der Waals surface area contributed by atoms with E-state index in [0.29, 0.717) is 16.5 Å². The van der Waals surface area contributed by atoms with Gasteiger partial charge in [-0.1, -0.05) is 11.6 Å². The minimum absolute atomic E-state index is 0.556. The molecule has 1 aromatic carbocycles. The van der Waals surface area contributed by atoms with Crippen molar-refractivity contribution in [2.24, 2.45) is 7.05 Å².